The number of hydrogen-bond acceptors (Lipinski definition) is 6. The highest BCUT2D eigenvalue weighted by Gasteiger charge is 2.28. The highest BCUT2D eigenvalue weighted by molar-refractivity contribution is 5.97. The Morgan fingerprint density at radius 2 is 1.76 bits per heavy atom. The van der Waals surface area contributed by atoms with Gasteiger partial charge in [-0.3, -0.25) is 24.5 Å². The molecule has 0 spiro atoms. The van der Waals surface area contributed by atoms with Crippen LogP contribution in [0.25, 0.3) is 11.0 Å². The van der Waals surface area contributed by atoms with E-state index in [1.54, 1.807) is 50.2 Å². The average molecular weight is 560 g/mol. The number of carbonyl (C=O) groups excluding carboxylic acids is 2. The molecule has 1 aromatic heterocycles. The van der Waals surface area contributed by atoms with Crippen molar-refractivity contribution >= 4 is 28.5 Å². The first-order chi connectivity index (χ1) is 19.6. The van der Waals surface area contributed by atoms with Crippen molar-refractivity contribution in [3.8, 4) is 0 Å². The summed E-state index contributed by atoms with van der Waals surface area (Å²) in [6, 6.07) is 16.3. The second-order valence-electron chi connectivity index (χ2n) is 9.91. The van der Waals surface area contributed by atoms with Crippen molar-refractivity contribution in [1.82, 2.24) is 9.80 Å². The molecule has 41 heavy (non-hydrogen) atoms. The zero-order chi connectivity index (χ0) is 29.7. The van der Waals surface area contributed by atoms with Gasteiger partial charge < -0.3 is 14.2 Å². The van der Waals surface area contributed by atoms with Crippen molar-refractivity contribution in [1.29, 1.82) is 0 Å². The molecule has 4 rings (SSSR count). The van der Waals surface area contributed by atoms with E-state index in [4.69, 9.17) is 4.42 Å². The van der Waals surface area contributed by atoms with E-state index in [9.17, 15) is 28.9 Å². The summed E-state index contributed by atoms with van der Waals surface area (Å²) in [7, 11) is 0. The highest BCUT2D eigenvalue weighted by Crippen LogP contribution is 2.22. The Labute approximate surface area is 236 Å². The van der Waals surface area contributed by atoms with Crippen LogP contribution in [-0.2, 0) is 17.9 Å². The minimum absolute atomic E-state index is 0.0456. The Hall–Kier alpha value is -4.86. The number of nitro groups is 1. The van der Waals surface area contributed by atoms with Crippen LogP contribution in [0.5, 0.6) is 0 Å². The molecule has 0 bridgehead atoms. The summed E-state index contributed by atoms with van der Waals surface area (Å²) in [5.74, 6) is -1.41. The molecule has 0 saturated carbocycles. The number of nitrogens with zero attached hydrogens (tertiary/aromatic N) is 3. The topological polar surface area (TPSA) is 114 Å². The number of rotatable bonds is 10. The molecule has 212 valence electrons. The minimum atomic E-state index is -0.551. The zero-order valence-corrected chi connectivity index (χ0v) is 23.0. The van der Waals surface area contributed by atoms with Crippen LogP contribution in [-0.4, -0.2) is 39.1 Å². The second-order valence-corrected chi connectivity index (χ2v) is 9.91. The van der Waals surface area contributed by atoms with Crippen molar-refractivity contribution in [3.63, 3.8) is 0 Å². The Balaban J connectivity index is 1.67. The summed E-state index contributed by atoms with van der Waals surface area (Å²) in [4.78, 5) is 54.3. The number of benzene rings is 3. The van der Waals surface area contributed by atoms with E-state index in [2.05, 4.69) is 0 Å². The molecule has 0 aliphatic carbocycles. The Morgan fingerprint density at radius 3 is 2.44 bits per heavy atom. The summed E-state index contributed by atoms with van der Waals surface area (Å²) >= 11 is 0. The number of nitro benzene ring substituents is 1. The average Bonchev–Trinajstić information content (AvgIpc) is 2.97. The summed E-state index contributed by atoms with van der Waals surface area (Å²) in [6.45, 7) is 4.83. The third-order valence-corrected chi connectivity index (χ3v) is 7.09. The summed E-state index contributed by atoms with van der Waals surface area (Å²) in [5.41, 5.74) is 1.32. The van der Waals surface area contributed by atoms with Crippen LogP contribution >= 0.6 is 0 Å². The molecule has 0 unspecified atom stereocenters. The molecule has 0 aliphatic rings. The molecular weight excluding hydrogens is 529 g/mol. The maximum atomic E-state index is 13.8. The summed E-state index contributed by atoms with van der Waals surface area (Å²) < 4.78 is 19.2. The number of aryl methyl sites for hydroxylation is 1. The Morgan fingerprint density at radius 1 is 1.05 bits per heavy atom. The molecule has 0 saturated heterocycles. The normalized spacial score (nSPS) is 11.7. The molecule has 4 aromatic rings. The fourth-order valence-electron chi connectivity index (χ4n) is 4.47. The van der Waals surface area contributed by atoms with E-state index in [0.29, 0.717) is 28.5 Å². The molecule has 0 aliphatic heterocycles. The van der Waals surface area contributed by atoms with Crippen molar-refractivity contribution in [2.75, 3.05) is 6.54 Å². The standard InChI is InChI=1S/C31H30FN3O6/c1-4-21(3)34(31(38)23-12-9-20(2)27(15-23)35(39)40)18-29(36)33(16-22-10-13-25(32)14-11-22)17-24-19-41-28-8-6-5-7-26(28)30(24)37/h5-15,19,21H,4,16-18H2,1-3H3/t21-/m1/s1. The van der Waals surface area contributed by atoms with Gasteiger partial charge in [-0.05, 0) is 56.2 Å². The zero-order valence-electron chi connectivity index (χ0n) is 23.0. The number of para-hydroxylation sites is 1. The third kappa shape index (κ3) is 6.66. The van der Waals surface area contributed by atoms with E-state index < -0.39 is 22.6 Å². The lowest BCUT2D eigenvalue weighted by Gasteiger charge is -2.31. The van der Waals surface area contributed by atoms with E-state index in [0.717, 1.165) is 0 Å². The summed E-state index contributed by atoms with van der Waals surface area (Å²) in [6.07, 6.45) is 1.85. The fourth-order valence-corrected chi connectivity index (χ4v) is 4.47. The van der Waals surface area contributed by atoms with Crippen LogP contribution in [0.1, 0.15) is 47.3 Å². The van der Waals surface area contributed by atoms with E-state index in [1.165, 1.54) is 46.4 Å². The number of amides is 2. The van der Waals surface area contributed by atoms with E-state index in [-0.39, 0.29) is 47.9 Å². The highest BCUT2D eigenvalue weighted by atomic mass is 19.1. The number of halogens is 1. The van der Waals surface area contributed by atoms with Gasteiger partial charge in [0.05, 0.1) is 28.7 Å². The molecule has 3 aromatic carbocycles. The van der Waals surface area contributed by atoms with Crippen molar-refractivity contribution < 1.29 is 23.3 Å². The summed E-state index contributed by atoms with van der Waals surface area (Å²) in [5, 5.41) is 11.8. The molecule has 1 atom stereocenters. The van der Waals surface area contributed by atoms with Gasteiger partial charge in [-0.25, -0.2) is 4.39 Å². The van der Waals surface area contributed by atoms with Gasteiger partial charge in [0.1, 0.15) is 17.9 Å². The lowest BCUT2D eigenvalue weighted by Crippen LogP contribution is -2.46. The van der Waals surface area contributed by atoms with Gasteiger partial charge in [0.15, 0.2) is 5.43 Å². The molecule has 9 nitrogen and oxygen atoms in total. The van der Waals surface area contributed by atoms with Gasteiger partial charge in [0, 0.05) is 29.8 Å². The first-order valence-corrected chi connectivity index (χ1v) is 13.2. The molecule has 2 amide bonds. The Bertz CT molecular complexity index is 1650. The van der Waals surface area contributed by atoms with Crippen molar-refractivity contribution in [2.24, 2.45) is 0 Å². The van der Waals surface area contributed by atoms with Gasteiger partial charge in [-0.2, -0.15) is 0 Å². The van der Waals surface area contributed by atoms with Gasteiger partial charge in [-0.15, -0.1) is 0 Å². The molecular formula is C31H30FN3O6. The predicted molar refractivity (Wildman–Crippen MR) is 152 cm³/mol. The van der Waals surface area contributed by atoms with Gasteiger partial charge in [0.25, 0.3) is 11.6 Å². The number of hydrogen-bond donors (Lipinski definition) is 0. The maximum Gasteiger partial charge on any atom is 0.273 e. The lowest BCUT2D eigenvalue weighted by molar-refractivity contribution is -0.385. The van der Waals surface area contributed by atoms with Crippen LogP contribution < -0.4 is 5.43 Å². The fraction of sp³-hybridized carbons (Fsp3) is 0.258. The van der Waals surface area contributed by atoms with Gasteiger partial charge in [-0.1, -0.05) is 37.3 Å². The van der Waals surface area contributed by atoms with Crippen LogP contribution in [0.3, 0.4) is 0 Å². The van der Waals surface area contributed by atoms with Crippen LogP contribution in [0.15, 0.2) is 82.2 Å². The minimum Gasteiger partial charge on any atom is -0.464 e. The molecule has 0 radical (unpaired) electrons. The number of carbonyl (C=O) groups is 2. The molecule has 0 N–H and O–H groups in total. The monoisotopic (exact) mass is 559 g/mol. The molecule has 1 heterocycles. The maximum absolute atomic E-state index is 13.8. The second kappa shape index (κ2) is 12.5. The van der Waals surface area contributed by atoms with Crippen LogP contribution in [0.4, 0.5) is 10.1 Å². The molecule has 0 fully saturated rings. The van der Waals surface area contributed by atoms with Crippen molar-refractivity contribution in [3.05, 3.63) is 121 Å². The third-order valence-electron chi connectivity index (χ3n) is 7.09. The van der Waals surface area contributed by atoms with Gasteiger partial charge >= 0.3 is 0 Å². The van der Waals surface area contributed by atoms with E-state index >= 15 is 0 Å². The quantitative estimate of drug-likeness (QED) is 0.184. The van der Waals surface area contributed by atoms with Crippen LogP contribution in [0, 0.1) is 22.9 Å². The van der Waals surface area contributed by atoms with Crippen molar-refractivity contribution in [2.45, 2.75) is 46.3 Å². The first-order valence-electron chi connectivity index (χ1n) is 13.2. The van der Waals surface area contributed by atoms with E-state index in [1.807, 2.05) is 6.92 Å². The first kappa shape index (κ1) is 29.1. The van der Waals surface area contributed by atoms with Gasteiger partial charge in [0.2, 0.25) is 5.91 Å². The smallest absolute Gasteiger partial charge is 0.273 e. The SMILES string of the molecule is CC[C@@H](C)N(CC(=O)N(Cc1ccc(F)cc1)Cc1coc2ccccc2c1=O)C(=O)c1ccc(C)c([N+](=O)[O-])c1. The Kier molecular flexibility index (Phi) is 8.91. The lowest BCUT2D eigenvalue weighted by atomic mass is 10.1. The number of fused-ring (bicyclic) bond motifs is 1. The predicted octanol–water partition coefficient (Wildman–Crippen LogP) is 5.62. The largest absolute Gasteiger partial charge is 0.464 e. The van der Waals surface area contributed by atoms with Crippen LogP contribution in [0.2, 0.25) is 0 Å². The molecule has 10 heteroatoms.